The number of methoxy groups -OCH3 is 1. The molecule has 3 aromatic rings. The highest BCUT2D eigenvalue weighted by Crippen LogP contribution is 2.32. The Hall–Kier alpha value is -2.59. The zero-order chi connectivity index (χ0) is 15.5. The van der Waals surface area contributed by atoms with Gasteiger partial charge in [-0.1, -0.05) is 30.3 Å². The lowest BCUT2D eigenvalue weighted by Crippen LogP contribution is -2.03. The van der Waals surface area contributed by atoms with E-state index in [0.717, 1.165) is 34.0 Å². The molecule has 3 rings (SSSR count). The van der Waals surface area contributed by atoms with Gasteiger partial charge in [0.05, 0.1) is 24.2 Å². The minimum absolute atomic E-state index is 0.404. The summed E-state index contributed by atoms with van der Waals surface area (Å²) in [6.07, 6.45) is 0. The molecule has 0 spiro atoms. The van der Waals surface area contributed by atoms with Crippen LogP contribution in [0.4, 0.5) is 0 Å². The lowest BCUT2D eigenvalue weighted by atomic mass is 10.1. The Morgan fingerprint density at radius 3 is 2.55 bits per heavy atom. The highest BCUT2D eigenvalue weighted by Gasteiger charge is 2.15. The average molecular weight is 293 g/mol. The van der Waals surface area contributed by atoms with Gasteiger partial charge < -0.3 is 10.5 Å². The van der Waals surface area contributed by atoms with Crippen molar-refractivity contribution in [2.24, 2.45) is 5.73 Å². The van der Waals surface area contributed by atoms with Crippen LogP contribution in [0.2, 0.25) is 0 Å². The van der Waals surface area contributed by atoms with E-state index in [1.807, 2.05) is 47.1 Å². The fraction of sp³-hybridized carbons (Fsp3) is 0.167. The van der Waals surface area contributed by atoms with Gasteiger partial charge in [-0.25, -0.2) is 4.68 Å². The highest BCUT2D eigenvalue weighted by molar-refractivity contribution is 5.70. The summed E-state index contributed by atoms with van der Waals surface area (Å²) in [5.41, 5.74) is 10.8. The summed E-state index contributed by atoms with van der Waals surface area (Å²) in [7, 11) is 1.68. The largest absolute Gasteiger partial charge is 0.496 e. The van der Waals surface area contributed by atoms with E-state index in [9.17, 15) is 0 Å². The van der Waals surface area contributed by atoms with Crippen LogP contribution in [0.25, 0.3) is 16.9 Å². The molecule has 0 saturated carbocycles. The normalized spacial score (nSPS) is 10.7. The smallest absolute Gasteiger partial charge is 0.128 e. The van der Waals surface area contributed by atoms with Crippen molar-refractivity contribution in [3.63, 3.8) is 0 Å². The van der Waals surface area contributed by atoms with Crippen LogP contribution in [-0.2, 0) is 6.54 Å². The van der Waals surface area contributed by atoms with Gasteiger partial charge in [0.1, 0.15) is 5.75 Å². The Balaban J connectivity index is 2.24. The maximum absolute atomic E-state index is 5.79. The molecule has 1 heterocycles. The summed E-state index contributed by atoms with van der Waals surface area (Å²) < 4.78 is 7.43. The molecule has 0 aliphatic carbocycles. The molecule has 0 amide bonds. The molecule has 0 atom stereocenters. The first-order valence-electron chi connectivity index (χ1n) is 7.23. The number of hydrogen-bond acceptors (Lipinski definition) is 3. The molecular weight excluding hydrogens is 274 g/mol. The molecule has 0 aliphatic heterocycles. The van der Waals surface area contributed by atoms with Gasteiger partial charge in [0, 0.05) is 12.1 Å². The zero-order valence-electron chi connectivity index (χ0n) is 12.8. The summed E-state index contributed by atoms with van der Waals surface area (Å²) in [6, 6.07) is 18.1. The number of benzene rings is 2. The van der Waals surface area contributed by atoms with Crippen molar-refractivity contribution in [2.75, 3.05) is 7.11 Å². The maximum atomic E-state index is 5.79. The fourth-order valence-corrected chi connectivity index (χ4v) is 2.56. The molecule has 0 radical (unpaired) electrons. The Bertz CT molecular complexity index is 793. The first-order valence-corrected chi connectivity index (χ1v) is 7.23. The molecule has 2 N–H and O–H groups in total. The molecule has 22 heavy (non-hydrogen) atoms. The highest BCUT2D eigenvalue weighted by atomic mass is 16.5. The molecular formula is C18H19N3O. The summed E-state index contributed by atoms with van der Waals surface area (Å²) in [6.45, 7) is 2.48. The van der Waals surface area contributed by atoms with Crippen LogP contribution >= 0.6 is 0 Å². The van der Waals surface area contributed by atoms with Crippen LogP contribution < -0.4 is 10.5 Å². The van der Waals surface area contributed by atoms with Crippen LogP contribution in [0.5, 0.6) is 5.75 Å². The SMILES string of the molecule is COc1ccccc1-c1cc(CN)nn1-c1ccccc1C. The van der Waals surface area contributed by atoms with Gasteiger partial charge in [-0.3, -0.25) is 0 Å². The van der Waals surface area contributed by atoms with Crippen LogP contribution in [0.3, 0.4) is 0 Å². The monoisotopic (exact) mass is 293 g/mol. The lowest BCUT2D eigenvalue weighted by Gasteiger charge is -2.12. The van der Waals surface area contributed by atoms with Gasteiger partial charge >= 0.3 is 0 Å². The summed E-state index contributed by atoms with van der Waals surface area (Å²) in [5.74, 6) is 0.820. The van der Waals surface area contributed by atoms with E-state index in [2.05, 4.69) is 24.2 Å². The fourth-order valence-electron chi connectivity index (χ4n) is 2.56. The molecule has 0 bridgehead atoms. The topological polar surface area (TPSA) is 53.1 Å². The molecule has 2 aromatic carbocycles. The van der Waals surface area contributed by atoms with Crippen molar-refractivity contribution >= 4 is 0 Å². The van der Waals surface area contributed by atoms with Gasteiger partial charge in [-0.05, 0) is 36.8 Å². The second-order valence-corrected chi connectivity index (χ2v) is 5.12. The molecule has 0 saturated heterocycles. The quantitative estimate of drug-likeness (QED) is 0.803. The molecule has 4 heteroatoms. The summed E-state index contributed by atoms with van der Waals surface area (Å²) in [5, 5.41) is 4.65. The van der Waals surface area contributed by atoms with Crippen LogP contribution in [-0.4, -0.2) is 16.9 Å². The Morgan fingerprint density at radius 1 is 1.09 bits per heavy atom. The predicted molar refractivity (Wildman–Crippen MR) is 88.2 cm³/mol. The van der Waals surface area contributed by atoms with Gasteiger partial charge in [0.25, 0.3) is 0 Å². The zero-order valence-corrected chi connectivity index (χ0v) is 12.8. The molecule has 1 aromatic heterocycles. The average Bonchev–Trinajstić information content (AvgIpc) is 2.99. The first-order chi connectivity index (χ1) is 10.7. The van der Waals surface area contributed by atoms with Gasteiger partial charge in [-0.15, -0.1) is 0 Å². The van der Waals surface area contributed by atoms with Crippen molar-refractivity contribution in [2.45, 2.75) is 13.5 Å². The third-order valence-corrected chi connectivity index (χ3v) is 3.70. The number of nitrogens with zero attached hydrogens (tertiary/aromatic N) is 2. The number of aromatic nitrogens is 2. The molecule has 0 fully saturated rings. The second kappa shape index (κ2) is 6.03. The Morgan fingerprint density at radius 2 is 1.82 bits per heavy atom. The minimum atomic E-state index is 0.404. The number of para-hydroxylation sites is 2. The lowest BCUT2D eigenvalue weighted by molar-refractivity contribution is 0.416. The van der Waals surface area contributed by atoms with E-state index >= 15 is 0 Å². The van der Waals surface area contributed by atoms with E-state index < -0.39 is 0 Å². The third-order valence-electron chi connectivity index (χ3n) is 3.70. The molecule has 4 nitrogen and oxygen atoms in total. The Labute approximate surface area is 130 Å². The molecule has 0 aliphatic rings. The number of nitrogens with two attached hydrogens (primary N) is 1. The predicted octanol–water partition coefficient (Wildman–Crippen LogP) is 3.32. The van der Waals surface area contributed by atoms with Crippen molar-refractivity contribution in [3.05, 3.63) is 65.9 Å². The number of aryl methyl sites for hydroxylation is 1. The van der Waals surface area contributed by atoms with Crippen molar-refractivity contribution in [3.8, 4) is 22.7 Å². The number of rotatable bonds is 4. The van der Waals surface area contributed by atoms with Crippen LogP contribution in [0.1, 0.15) is 11.3 Å². The maximum Gasteiger partial charge on any atom is 0.128 e. The van der Waals surface area contributed by atoms with Crippen LogP contribution in [0, 0.1) is 6.92 Å². The van der Waals surface area contributed by atoms with E-state index in [0.29, 0.717) is 6.54 Å². The van der Waals surface area contributed by atoms with Crippen molar-refractivity contribution in [1.82, 2.24) is 9.78 Å². The van der Waals surface area contributed by atoms with E-state index in [-0.39, 0.29) is 0 Å². The van der Waals surface area contributed by atoms with E-state index in [4.69, 9.17) is 10.5 Å². The van der Waals surface area contributed by atoms with Crippen molar-refractivity contribution < 1.29 is 4.74 Å². The summed E-state index contributed by atoms with van der Waals surface area (Å²) in [4.78, 5) is 0. The van der Waals surface area contributed by atoms with Crippen molar-refractivity contribution in [1.29, 1.82) is 0 Å². The minimum Gasteiger partial charge on any atom is -0.496 e. The number of ether oxygens (including phenoxy) is 1. The van der Waals surface area contributed by atoms with E-state index in [1.165, 1.54) is 0 Å². The third kappa shape index (κ3) is 2.49. The number of hydrogen-bond donors (Lipinski definition) is 1. The van der Waals surface area contributed by atoms with Gasteiger partial charge in [0.15, 0.2) is 0 Å². The second-order valence-electron chi connectivity index (χ2n) is 5.12. The Kier molecular flexibility index (Phi) is 3.94. The molecule has 0 unspecified atom stereocenters. The standard InChI is InChI=1S/C18H19N3O/c1-13-7-3-5-9-16(13)21-17(11-14(12-19)20-21)15-8-4-6-10-18(15)22-2/h3-11H,12,19H2,1-2H3. The molecule has 112 valence electrons. The van der Waals surface area contributed by atoms with Crippen LogP contribution in [0.15, 0.2) is 54.6 Å². The first kappa shape index (κ1) is 14.4. The van der Waals surface area contributed by atoms with E-state index in [1.54, 1.807) is 7.11 Å². The van der Waals surface area contributed by atoms with Gasteiger partial charge in [0.2, 0.25) is 0 Å². The van der Waals surface area contributed by atoms with Gasteiger partial charge in [-0.2, -0.15) is 5.10 Å². The summed E-state index contributed by atoms with van der Waals surface area (Å²) >= 11 is 0.